The van der Waals surface area contributed by atoms with Gasteiger partial charge in [0.2, 0.25) is 0 Å². The molecule has 6 heteroatoms. The van der Waals surface area contributed by atoms with E-state index in [9.17, 15) is 9.90 Å². The minimum atomic E-state index is -0.619. The van der Waals surface area contributed by atoms with Crippen molar-refractivity contribution in [1.29, 1.82) is 0 Å². The van der Waals surface area contributed by atoms with Gasteiger partial charge in [0, 0.05) is 12.3 Å². The van der Waals surface area contributed by atoms with Crippen LogP contribution in [0.2, 0.25) is 0 Å². The standard InChI is InChI=1S/C14H14N2O4/c1-19-11-5-9(3-4-10-7-15-8-16-10)13(12(17)6-11)14(18)20-2/h3-7,17H,8H2,1-2H3/b4-3+. The van der Waals surface area contributed by atoms with Crippen LogP contribution in [0.3, 0.4) is 0 Å². The van der Waals surface area contributed by atoms with Crippen LogP contribution in [0.1, 0.15) is 15.9 Å². The highest BCUT2D eigenvalue weighted by molar-refractivity contribution is 6.37. The average molecular weight is 274 g/mol. The summed E-state index contributed by atoms with van der Waals surface area (Å²) < 4.78 is 9.75. The number of hydrogen-bond donors (Lipinski definition) is 1. The number of aromatic hydroxyl groups is 1. The summed E-state index contributed by atoms with van der Waals surface area (Å²) in [6.45, 7) is 0.410. The van der Waals surface area contributed by atoms with Crippen molar-refractivity contribution in [3.8, 4) is 11.5 Å². The summed E-state index contributed by atoms with van der Waals surface area (Å²) in [6.07, 6.45) is 5.00. The lowest BCUT2D eigenvalue weighted by atomic mass is 10.0. The second kappa shape index (κ2) is 6.01. The summed E-state index contributed by atoms with van der Waals surface area (Å²) >= 11 is 0. The Kier molecular flexibility index (Phi) is 4.14. The van der Waals surface area contributed by atoms with Crippen LogP contribution in [0.4, 0.5) is 0 Å². The van der Waals surface area contributed by atoms with E-state index >= 15 is 0 Å². The molecule has 1 heterocycles. The molecule has 1 aromatic carbocycles. The first-order valence-corrected chi connectivity index (χ1v) is 5.87. The summed E-state index contributed by atoms with van der Waals surface area (Å²) in [6, 6.07) is 2.99. The molecule has 2 rings (SSSR count). The molecule has 1 N–H and O–H groups in total. The monoisotopic (exact) mass is 274 g/mol. The van der Waals surface area contributed by atoms with Crippen molar-refractivity contribution in [3.63, 3.8) is 0 Å². The van der Waals surface area contributed by atoms with Gasteiger partial charge in [0.25, 0.3) is 0 Å². The molecule has 0 amide bonds. The summed E-state index contributed by atoms with van der Waals surface area (Å²) in [5, 5.41) is 9.93. The third-order valence-corrected chi connectivity index (χ3v) is 2.74. The first-order chi connectivity index (χ1) is 9.65. The molecule has 0 spiro atoms. The molecule has 0 fully saturated rings. The number of methoxy groups -OCH3 is 2. The van der Waals surface area contributed by atoms with Crippen LogP contribution in [0.5, 0.6) is 11.5 Å². The molecule has 20 heavy (non-hydrogen) atoms. The molecular formula is C14H14N2O4. The zero-order chi connectivity index (χ0) is 14.5. The average Bonchev–Trinajstić information content (AvgIpc) is 2.97. The number of hydrogen-bond acceptors (Lipinski definition) is 6. The molecule has 0 radical (unpaired) electrons. The molecule has 0 aromatic heterocycles. The molecule has 0 saturated carbocycles. The van der Waals surface area contributed by atoms with Crippen molar-refractivity contribution in [1.82, 2.24) is 0 Å². The topological polar surface area (TPSA) is 80.5 Å². The first kappa shape index (κ1) is 13.8. The Morgan fingerprint density at radius 3 is 2.75 bits per heavy atom. The lowest BCUT2D eigenvalue weighted by Gasteiger charge is -2.09. The van der Waals surface area contributed by atoms with E-state index in [1.807, 2.05) is 0 Å². The van der Waals surface area contributed by atoms with Gasteiger partial charge >= 0.3 is 5.97 Å². The van der Waals surface area contributed by atoms with E-state index in [-0.39, 0.29) is 11.3 Å². The Bertz CT molecular complexity index is 618. The van der Waals surface area contributed by atoms with Crippen LogP contribution in [-0.4, -0.2) is 43.9 Å². The van der Waals surface area contributed by atoms with Crippen molar-refractivity contribution >= 4 is 24.0 Å². The molecule has 1 aliphatic heterocycles. The largest absolute Gasteiger partial charge is 0.507 e. The summed E-state index contributed by atoms with van der Waals surface area (Å²) in [5.74, 6) is -0.374. The van der Waals surface area contributed by atoms with Gasteiger partial charge in [-0.05, 0) is 17.7 Å². The normalized spacial score (nSPS) is 13.6. The molecule has 1 aromatic rings. The Labute approximate surface area is 116 Å². The van der Waals surface area contributed by atoms with Crippen LogP contribution < -0.4 is 4.74 Å². The second-order valence-electron chi connectivity index (χ2n) is 3.97. The van der Waals surface area contributed by atoms with Crippen LogP contribution in [0.25, 0.3) is 6.08 Å². The van der Waals surface area contributed by atoms with E-state index in [0.717, 1.165) is 0 Å². The maximum absolute atomic E-state index is 11.7. The maximum Gasteiger partial charge on any atom is 0.342 e. The van der Waals surface area contributed by atoms with Crippen molar-refractivity contribution in [2.75, 3.05) is 20.9 Å². The minimum Gasteiger partial charge on any atom is -0.507 e. The smallest absolute Gasteiger partial charge is 0.342 e. The van der Waals surface area contributed by atoms with Crippen LogP contribution >= 0.6 is 0 Å². The predicted molar refractivity (Wildman–Crippen MR) is 75.8 cm³/mol. The van der Waals surface area contributed by atoms with Crippen LogP contribution in [-0.2, 0) is 4.74 Å². The minimum absolute atomic E-state index is 0.0834. The van der Waals surface area contributed by atoms with Crippen molar-refractivity contribution in [2.45, 2.75) is 0 Å². The Hall–Kier alpha value is -2.63. The van der Waals surface area contributed by atoms with Gasteiger partial charge in [-0.15, -0.1) is 0 Å². The van der Waals surface area contributed by atoms with Gasteiger partial charge in [-0.25, -0.2) is 4.79 Å². The van der Waals surface area contributed by atoms with Gasteiger partial charge in [-0.1, -0.05) is 6.08 Å². The zero-order valence-corrected chi connectivity index (χ0v) is 11.2. The number of ether oxygens (including phenoxy) is 2. The number of phenolic OH excluding ortho intramolecular Hbond substituents is 1. The van der Waals surface area contributed by atoms with Crippen molar-refractivity contribution < 1.29 is 19.4 Å². The van der Waals surface area contributed by atoms with Crippen molar-refractivity contribution in [2.24, 2.45) is 9.98 Å². The third-order valence-electron chi connectivity index (χ3n) is 2.74. The SMILES string of the molecule is COC(=O)c1c(O)cc(OC)cc1/C=C/C1=NCN=C1. The van der Waals surface area contributed by atoms with E-state index in [1.165, 1.54) is 20.3 Å². The highest BCUT2D eigenvalue weighted by Gasteiger charge is 2.17. The fourth-order valence-corrected chi connectivity index (χ4v) is 1.76. The molecule has 0 bridgehead atoms. The van der Waals surface area contributed by atoms with E-state index in [1.54, 1.807) is 24.4 Å². The Balaban J connectivity index is 2.45. The molecule has 104 valence electrons. The van der Waals surface area contributed by atoms with E-state index < -0.39 is 5.97 Å². The number of rotatable bonds is 4. The lowest BCUT2D eigenvalue weighted by Crippen LogP contribution is -2.05. The highest BCUT2D eigenvalue weighted by Crippen LogP contribution is 2.29. The number of allylic oxidation sites excluding steroid dienone is 1. The Morgan fingerprint density at radius 2 is 2.15 bits per heavy atom. The summed E-state index contributed by atoms with van der Waals surface area (Å²) in [5.41, 5.74) is 1.26. The molecule has 0 aliphatic carbocycles. The lowest BCUT2D eigenvalue weighted by molar-refractivity contribution is 0.0597. The fourth-order valence-electron chi connectivity index (χ4n) is 1.76. The van der Waals surface area contributed by atoms with E-state index in [2.05, 4.69) is 14.7 Å². The van der Waals surface area contributed by atoms with Gasteiger partial charge in [-0.3, -0.25) is 9.98 Å². The van der Waals surface area contributed by atoms with Gasteiger partial charge in [0.15, 0.2) is 0 Å². The number of phenols is 1. The summed E-state index contributed by atoms with van der Waals surface area (Å²) in [7, 11) is 2.74. The van der Waals surface area contributed by atoms with E-state index in [0.29, 0.717) is 23.7 Å². The van der Waals surface area contributed by atoms with Gasteiger partial charge in [-0.2, -0.15) is 0 Å². The molecule has 0 saturated heterocycles. The predicted octanol–water partition coefficient (Wildman–Crippen LogP) is 1.68. The van der Waals surface area contributed by atoms with Gasteiger partial charge in [0.05, 0.1) is 19.9 Å². The zero-order valence-electron chi connectivity index (χ0n) is 11.2. The van der Waals surface area contributed by atoms with Gasteiger partial charge in [0.1, 0.15) is 23.7 Å². The molecule has 0 atom stereocenters. The molecule has 6 nitrogen and oxygen atoms in total. The van der Waals surface area contributed by atoms with E-state index in [4.69, 9.17) is 4.74 Å². The number of carbonyl (C=O) groups excluding carboxylic acids is 1. The third kappa shape index (κ3) is 2.85. The molecule has 0 unspecified atom stereocenters. The maximum atomic E-state index is 11.7. The Morgan fingerprint density at radius 1 is 1.35 bits per heavy atom. The fraction of sp³-hybridized carbons (Fsp3) is 0.214. The van der Waals surface area contributed by atoms with Crippen LogP contribution in [0.15, 0.2) is 28.2 Å². The second-order valence-corrected chi connectivity index (χ2v) is 3.97. The quantitative estimate of drug-likeness (QED) is 0.847. The number of benzene rings is 1. The number of nitrogens with zero attached hydrogens (tertiary/aromatic N) is 2. The van der Waals surface area contributed by atoms with Crippen LogP contribution in [0, 0.1) is 0 Å². The summed E-state index contributed by atoms with van der Waals surface area (Å²) in [4.78, 5) is 19.8. The number of esters is 1. The first-order valence-electron chi connectivity index (χ1n) is 5.87. The highest BCUT2D eigenvalue weighted by atomic mass is 16.5. The number of carbonyl (C=O) groups is 1. The van der Waals surface area contributed by atoms with Crippen molar-refractivity contribution in [3.05, 3.63) is 29.3 Å². The van der Waals surface area contributed by atoms with Gasteiger partial charge < -0.3 is 14.6 Å². The molecular weight excluding hydrogens is 260 g/mol. The number of aliphatic imine (C=N–C) groups is 2. The molecule has 1 aliphatic rings.